The quantitative estimate of drug-likeness (QED) is 0.107. The summed E-state index contributed by atoms with van der Waals surface area (Å²) in [7, 11) is 0.658. The molecule has 0 heterocycles. The summed E-state index contributed by atoms with van der Waals surface area (Å²) in [5.74, 6) is -67.7. The van der Waals surface area contributed by atoms with E-state index in [0.717, 1.165) is 0 Å². The molecule has 0 aliphatic rings. The first-order valence-corrected chi connectivity index (χ1v) is 11.1. The van der Waals surface area contributed by atoms with E-state index in [9.17, 15) is 87.8 Å². The minimum absolute atomic E-state index is 0.171. The topological polar surface area (TPSA) is 0 Å². The van der Waals surface area contributed by atoms with Crippen molar-refractivity contribution < 1.29 is 87.8 Å². The van der Waals surface area contributed by atoms with Gasteiger partial charge in [-0.2, -0.15) is 83.4 Å². The second-order valence-corrected chi connectivity index (χ2v) is 8.81. The standard InChI is InChI=1S/C16H16F20Si/c17-7(5-3-1-2-4-6-37)8(18,19)9(20,21)10(22,23)11(24,25)12(26,27)13(28,29)14(30,31)15(32,33)16(34,35)36/h7H,1-6H2,37H3. The lowest BCUT2D eigenvalue weighted by atomic mass is 9.86. The molecule has 0 bridgehead atoms. The van der Waals surface area contributed by atoms with Gasteiger partial charge in [-0.25, -0.2) is 4.39 Å². The van der Waals surface area contributed by atoms with E-state index in [-0.39, 0.29) is 12.8 Å². The van der Waals surface area contributed by atoms with Crippen LogP contribution in [0.1, 0.15) is 32.1 Å². The van der Waals surface area contributed by atoms with Crippen molar-refractivity contribution in [1.29, 1.82) is 0 Å². The summed E-state index contributed by atoms with van der Waals surface area (Å²) in [5, 5.41) is 0. The van der Waals surface area contributed by atoms with Gasteiger partial charge in [0.25, 0.3) is 0 Å². The third-order valence-electron chi connectivity index (χ3n) is 5.10. The molecule has 0 aliphatic heterocycles. The van der Waals surface area contributed by atoms with Crippen molar-refractivity contribution in [2.24, 2.45) is 0 Å². The Kier molecular flexibility index (Phi) is 10.1. The van der Waals surface area contributed by atoms with Crippen LogP contribution in [-0.2, 0) is 0 Å². The minimum atomic E-state index is -8.99. The Bertz CT molecular complexity index is 754. The minimum Gasteiger partial charge on any atom is -0.241 e. The predicted molar refractivity (Wildman–Crippen MR) is 88.4 cm³/mol. The van der Waals surface area contributed by atoms with E-state index in [1.807, 2.05) is 0 Å². The van der Waals surface area contributed by atoms with Crippen molar-refractivity contribution >= 4 is 10.2 Å². The number of hydrogen-bond acceptors (Lipinski definition) is 0. The average molecular weight is 616 g/mol. The van der Waals surface area contributed by atoms with Crippen LogP contribution in [0.4, 0.5) is 87.8 Å². The van der Waals surface area contributed by atoms with E-state index in [1.165, 1.54) is 0 Å². The zero-order valence-corrected chi connectivity index (χ0v) is 19.9. The Hall–Kier alpha value is -1.18. The molecular formula is C16H16F20Si. The third kappa shape index (κ3) is 5.34. The summed E-state index contributed by atoms with van der Waals surface area (Å²) in [6.07, 6.45) is -14.6. The number of hydrogen-bond donors (Lipinski definition) is 0. The number of unbranched alkanes of at least 4 members (excludes halogenated alkanes) is 3. The molecule has 0 nitrogen and oxygen atoms in total. The first kappa shape index (κ1) is 35.8. The highest BCUT2D eigenvalue weighted by Gasteiger charge is 2.97. The monoisotopic (exact) mass is 616 g/mol. The molecule has 21 heteroatoms. The maximum Gasteiger partial charge on any atom is 0.460 e. The third-order valence-corrected chi connectivity index (χ3v) is 5.80. The Labute approximate surface area is 197 Å². The molecule has 224 valence electrons. The van der Waals surface area contributed by atoms with Crippen LogP contribution in [0.25, 0.3) is 0 Å². The lowest BCUT2D eigenvalue weighted by Gasteiger charge is -2.44. The van der Waals surface area contributed by atoms with E-state index in [0.29, 0.717) is 22.7 Å². The molecule has 0 fully saturated rings. The summed E-state index contributed by atoms with van der Waals surface area (Å²) < 4.78 is 264. The van der Waals surface area contributed by atoms with Crippen molar-refractivity contribution in [1.82, 2.24) is 0 Å². The number of rotatable bonds is 14. The molecule has 0 amide bonds. The van der Waals surface area contributed by atoms with Gasteiger partial charge in [-0.15, -0.1) is 0 Å². The Morgan fingerprint density at radius 1 is 0.405 bits per heavy atom. The van der Waals surface area contributed by atoms with E-state index >= 15 is 0 Å². The molecule has 1 unspecified atom stereocenters. The molecule has 0 aliphatic carbocycles. The van der Waals surface area contributed by atoms with Crippen molar-refractivity contribution in [3.05, 3.63) is 0 Å². The molecule has 0 spiro atoms. The van der Waals surface area contributed by atoms with E-state index in [1.54, 1.807) is 0 Å². The van der Waals surface area contributed by atoms with E-state index in [4.69, 9.17) is 0 Å². The van der Waals surface area contributed by atoms with Gasteiger partial charge in [0.1, 0.15) is 0 Å². The van der Waals surface area contributed by atoms with Crippen LogP contribution in [0, 0.1) is 0 Å². The zero-order chi connectivity index (χ0) is 30.3. The van der Waals surface area contributed by atoms with Gasteiger partial charge in [0.05, 0.1) is 0 Å². The largest absolute Gasteiger partial charge is 0.460 e. The maximum absolute atomic E-state index is 13.7. The Morgan fingerprint density at radius 2 is 0.703 bits per heavy atom. The fourth-order valence-corrected chi connectivity index (χ4v) is 3.18. The van der Waals surface area contributed by atoms with Gasteiger partial charge in [-0.05, 0) is 6.42 Å². The van der Waals surface area contributed by atoms with Gasteiger partial charge in [0.2, 0.25) is 0 Å². The second-order valence-electron chi connectivity index (χ2n) is 7.81. The van der Waals surface area contributed by atoms with Crippen molar-refractivity contribution in [3.8, 4) is 0 Å². The van der Waals surface area contributed by atoms with Gasteiger partial charge < -0.3 is 0 Å². The van der Waals surface area contributed by atoms with E-state index in [2.05, 4.69) is 0 Å². The number of alkyl halides is 20. The zero-order valence-electron chi connectivity index (χ0n) is 17.9. The molecule has 0 aromatic carbocycles. The molecule has 0 saturated carbocycles. The lowest BCUT2D eigenvalue weighted by molar-refractivity contribution is -0.470. The summed E-state index contributed by atoms with van der Waals surface area (Å²) in [6.45, 7) is 0. The molecule has 37 heavy (non-hydrogen) atoms. The van der Waals surface area contributed by atoms with Crippen LogP contribution < -0.4 is 0 Å². The van der Waals surface area contributed by atoms with Gasteiger partial charge >= 0.3 is 53.6 Å². The molecule has 0 rings (SSSR count). The maximum atomic E-state index is 13.7. The van der Waals surface area contributed by atoms with Crippen LogP contribution in [0.5, 0.6) is 0 Å². The first-order valence-electron chi connectivity index (χ1n) is 9.71. The Balaban J connectivity index is 6.52. The van der Waals surface area contributed by atoms with Gasteiger partial charge in [-0.3, -0.25) is 0 Å². The highest BCUT2D eigenvalue weighted by molar-refractivity contribution is 6.08. The normalized spacial score (nSPS) is 16.9. The van der Waals surface area contributed by atoms with Crippen LogP contribution >= 0.6 is 0 Å². The summed E-state index contributed by atoms with van der Waals surface area (Å²) in [5.41, 5.74) is 0. The molecule has 0 radical (unpaired) electrons. The Morgan fingerprint density at radius 3 is 1.03 bits per heavy atom. The van der Waals surface area contributed by atoms with Gasteiger partial charge in [-0.1, -0.05) is 31.7 Å². The summed E-state index contributed by atoms with van der Waals surface area (Å²) in [4.78, 5) is 0. The highest BCUT2D eigenvalue weighted by atomic mass is 28.1. The van der Waals surface area contributed by atoms with E-state index < -0.39 is 72.6 Å². The fraction of sp³-hybridized carbons (Fsp3) is 1.00. The van der Waals surface area contributed by atoms with Gasteiger partial charge in [0, 0.05) is 10.2 Å². The van der Waals surface area contributed by atoms with Gasteiger partial charge in [0.15, 0.2) is 6.17 Å². The summed E-state index contributed by atoms with van der Waals surface area (Å²) in [6, 6.07) is 0.626. The highest BCUT2D eigenvalue weighted by Crippen LogP contribution is 2.65. The molecule has 0 aromatic heterocycles. The SMILES string of the molecule is FC(CCCCCC[SiH3])C(F)(F)C(F)(F)C(F)(F)C(F)(F)C(F)(F)C(F)(F)C(F)(F)C(F)(F)C(F)(F)F. The number of halogens is 20. The first-order chi connectivity index (χ1) is 16.0. The fourth-order valence-electron chi connectivity index (χ4n) is 2.68. The van der Waals surface area contributed by atoms with Crippen molar-refractivity contribution in [2.75, 3.05) is 0 Å². The van der Waals surface area contributed by atoms with Crippen LogP contribution in [-0.4, -0.2) is 70.0 Å². The predicted octanol–water partition coefficient (Wildman–Crippen LogP) is 7.70. The van der Waals surface area contributed by atoms with Crippen molar-refractivity contribution in [2.45, 2.75) is 97.9 Å². The average Bonchev–Trinajstić information content (AvgIpc) is 2.71. The molecule has 0 N–H and O–H groups in total. The van der Waals surface area contributed by atoms with Crippen LogP contribution in [0.15, 0.2) is 0 Å². The van der Waals surface area contributed by atoms with Crippen LogP contribution in [0.2, 0.25) is 6.04 Å². The molecule has 0 saturated heterocycles. The molecular weight excluding hydrogens is 600 g/mol. The smallest absolute Gasteiger partial charge is 0.241 e. The summed E-state index contributed by atoms with van der Waals surface area (Å²) >= 11 is 0. The second kappa shape index (κ2) is 10.4. The lowest BCUT2D eigenvalue weighted by Crippen LogP contribution is -2.76. The molecule has 1 atom stereocenters. The van der Waals surface area contributed by atoms with Crippen LogP contribution in [0.3, 0.4) is 0 Å². The van der Waals surface area contributed by atoms with Crippen molar-refractivity contribution in [3.63, 3.8) is 0 Å². The molecule has 0 aromatic rings.